The number of ether oxygens (including phenoxy) is 1. The third-order valence-corrected chi connectivity index (χ3v) is 3.56. The summed E-state index contributed by atoms with van der Waals surface area (Å²) in [7, 11) is 1.60. The van der Waals surface area contributed by atoms with Crippen LogP contribution in [0.2, 0.25) is 0 Å². The molecule has 1 amide bonds. The van der Waals surface area contributed by atoms with Crippen molar-refractivity contribution in [3.05, 3.63) is 35.7 Å². The fourth-order valence-electron chi connectivity index (χ4n) is 2.32. The lowest BCUT2D eigenvalue weighted by Crippen LogP contribution is -2.32. The van der Waals surface area contributed by atoms with E-state index in [2.05, 4.69) is 15.3 Å². The van der Waals surface area contributed by atoms with Crippen molar-refractivity contribution >= 4 is 5.91 Å². The number of aliphatic hydroxyl groups excluding tert-OH is 1. The van der Waals surface area contributed by atoms with Gasteiger partial charge in [-0.1, -0.05) is 25.5 Å². The van der Waals surface area contributed by atoms with Gasteiger partial charge in [-0.15, -0.1) is 0 Å². The van der Waals surface area contributed by atoms with Crippen molar-refractivity contribution in [3.63, 3.8) is 0 Å². The van der Waals surface area contributed by atoms with Crippen molar-refractivity contribution in [3.8, 4) is 17.1 Å². The van der Waals surface area contributed by atoms with Gasteiger partial charge in [-0.25, -0.2) is 4.98 Å². The molecular formula is C17H23N3O3. The first-order valence-corrected chi connectivity index (χ1v) is 7.72. The van der Waals surface area contributed by atoms with Crippen LogP contribution in [0.1, 0.15) is 35.9 Å². The molecule has 0 bridgehead atoms. The van der Waals surface area contributed by atoms with E-state index in [1.54, 1.807) is 14.0 Å². The molecule has 1 aromatic heterocycles. The lowest BCUT2D eigenvalue weighted by molar-refractivity contribution is 0.0905. The molecule has 2 rings (SSSR count). The Balaban J connectivity index is 2.12. The Morgan fingerprint density at radius 3 is 2.96 bits per heavy atom. The molecule has 23 heavy (non-hydrogen) atoms. The summed E-state index contributed by atoms with van der Waals surface area (Å²) in [6.45, 7) is 4.02. The summed E-state index contributed by atoms with van der Waals surface area (Å²) in [5.41, 5.74) is 1.87. The molecule has 0 saturated carbocycles. The Hall–Kier alpha value is -2.34. The van der Waals surface area contributed by atoms with Gasteiger partial charge < -0.3 is 20.1 Å². The molecule has 2 aromatic rings. The largest absolute Gasteiger partial charge is 0.497 e. The fourth-order valence-corrected chi connectivity index (χ4v) is 2.32. The maximum absolute atomic E-state index is 12.2. The van der Waals surface area contributed by atoms with E-state index < -0.39 is 6.10 Å². The first kappa shape index (κ1) is 17.0. The third-order valence-electron chi connectivity index (χ3n) is 3.56. The number of carbonyl (C=O) groups is 1. The van der Waals surface area contributed by atoms with Crippen LogP contribution in [-0.4, -0.2) is 40.7 Å². The number of amides is 1. The number of imidazole rings is 1. The second-order valence-electron chi connectivity index (χ2n) is 5.44. The van der Waals surface area contributed by atoms with Crippen LogP contribution >= 0.6 is 0 Å². The first-order chi connectivity index (χ1) is 11.0. The van der Waals surface area contributed by atoms with Gasteiger partial charge in [-0.3, -0.25) is 4.79 Å². The monoisotopic (exact) mass is 317 g/mol. The lowest BCUT2D eigenvalue weighted by atomic mass is 10.2. The number of aromatic amines is 1. The molecular weight excluding hydrogens is 294 g/mol. The number of rotatable bonds is 7. The van der Waals surface area contributed by atoms with Crippen LogP contribution in [0.4, 0.5) is 0 Å². The fraction of sp³-hybridized carbons (Fsp3) is 0.412. The highest BCUT2D eigenvalue weighted by atomic mass is 16.5. The van der Waals surface area contributed by atoms with Crippen LogP contribution in [-0.2, 0) is 0 Å². The maximum Gasteiger partial charge on any atom is 0.271 e. The quantitative estimate of drug-likeness (QED) is 0.731. The first-order valence-electron chi connectivity index (χ1n) is 7.72. The van der Waals surface area contributed by atoms with Crippen LogP contribution in [0.25, 0.3) is 11.4 Å². The van der Waals surface area contributed by atoms with Crippen molar-refractivity contribution < 1.29 is 14.6 Å². The number of H-pyrrole nitrogens is 1. The van der Waals surface area contributed by atoms with Crippen LogP contribution in [0.5, 0.6) is 5.75 Å². The van der Waals surface area contributed by atoms with E-state index in [0.29, 0.717) is 23.6 Å². The molecule has 124 valence electrons. The zero-order valence-electron chi connectivity index (χ0n) is 13.7. The van der Waals surface area contributed by atoms with Crippen LogP contribution in [0.3, 0.4) is 0 Å². The average Bonchev–Trinajstić information content (AvgIpc) is 2.95. The van der Waals surface area contributed by atoms with E-state index in [1.165, 1.54) is 0 Å². The van der Waals surface area contributed by atoms with E-state index in [1.807, 2.05) is 31.2 Å². The summed E-state index contributed by atoms with van der Waals surface area (Å²) in [5.74, 6) is 1.05. The number of benzene rings is 1. The molecule has 1 aromatic carbocycles. The Bertz CT molecular complexity index is 667. The van der Waals surface area contributed by atoms with Crippen molar-refractivity contribution in [2.24, 2.45) is 0 Å². The van der Waals surface area contributed by atoms with Gasteiger partial charge in [0.15, 0.2) is 0 Å². The molecule has 3 N–H and O–H groups in total. The van der Waals surface area contributed by atoms with Gasteiger partial charge in [0.05, 0.1) is 13.2 Å². The summed E-state index contributed by atoms with van der Waals surface area (Å²) in [4.78, 5) is 19.7. The number of carbonyl (C=O) groups excluding carboxylic acids is 1. The smallest absolute Gasteiger partial charge is 0.271 e. The number of aliphatic hydroxyl groups is 1. The Morgan fingerprint density at radius 2 is 2.26 bits per heavy atom. The Labute approximate surface area is 135 Å². The molecule has 0 spiro atoms. The number of nitrogens with one attached hydrogen (secondary N) is 2. The van der Waals surface area contributed by atoms with Crippen molar-refractivity contribution in [2.75, 3.05) is 13.7 Å². The zero-order valence-corrected chi connectivity index (χ0v) is 13.7. The second-order valence-corrected chi connectivity index (χ2v) is 5.44. The molecule has 0 saturated heterocycles. The average molecular weight is 317 g/mol. The summed E-state index contributed by atoms with van der Waals surface area (Å²) in [6, 6.07) is 7.47. The number of nitrogens with zero attached hydrogens (tertiary/aromatic N) is 1. The molecule has 0 aliphatic rings. The minimum atomic E-state index is -0.527. The highest BCUT2D eigenvalue weighted by Crippen LogP contribution is 2.22. The summed E-state index contributed by atoms with van der Waals surface area (Å²) in [5, 5.41) is 12.4. The van der Waals surface area contributed by atoms with E-state index >= 15 is 0 Å². The molecule has 0 aliphatic heterocycles. The zero-order chi connectivity index (χ0) is 16.8. The summed E-state index contributed by atoms with van der Waals surface area (Å²) >= 11 is 0. The highest BCUT2D eigenvalue weighted by Gasteiger charge is 2.16. The number of hydrogen-bond acceptors (Lipinski definition) is 4. The molecule has 1 atom stereocenters. The van der Waals surface area contributed by atoms with Crippen molar-refractivity contribution in [2.45, 2.75) is 32.8 Å². The molecule has 6 nitrogen and oxygen atoms in total. The van der Waals surface area contributed by atoms with Crippen LogP contribution < -0.4 is 10.1 Å². The van der Waals surface area contributed by atoms with E-state index in [-0.39, 0.29) is 12.5 Å². The normalized spacial score (nSPS) is 12.0. The number of methoxy groups -OCH3 is 1. The van der Waals surface area contributed by atoms with E-state index in [9.17, 15) is 9.90 Å². The van der Waals surface area contributed by atoms with E-state index in [4.69, 9.17) is 4.74 Å². The van der Waals surface area contributed by atoms with Gasteiger partial charge in [-0.2, -0.15) is 0 Å². The maximum atomic E-state index is 12.2. The van der Waals surface area contributed by atoms with Gasteiger partial charge in [0, 0.05) is 17.8 Å². The number of hydrogen-bond donors (Lipinski definition) is 3. The molecule has 6 heteroatoms. The number of aryl methyl sites for hydroxylation is 1. The third kappa shape index (κ3) is 4.32. The molecule has 1 unspecified atom stereocenters. The van der Waals surface area contributed by atoms with Crippen molar-refractivity contribution in [1.29, 1.82) is 0 Å². The van der Waals surface area contributed by atoms with Crippen LogP contribution in [0, 0.1) is 6.92 Å². The van der Waals surface area contributed by atoms with E-state index in [0.717, 1.165) is 17.7 Å². The Morgan fingerprint density at radius 1 is 1.48 bits per heavy atom. The van der Waals surface area contributed by atoms with Crippen molar-refractivity contribution in [1.82, 2.24) is 15.3 Å². The van der Waals surface area contributed by atoms with Gasteiger partial charge >= 0.3 is 0 Å². The minimum absolute atomic E-state index is 0.230. The van der Waals surface area contributed by atoms with Gasteiger partial charge in [0.1, 0.15) is 17.3 Å². The Kier molecular flexibility index (Phi) is 5.76. The minimum Gasteiger partial charge on any atom is -0.497 e. The number of aromatic nitrogens is 2. The van der Waals surface area contributed by atoms with Gasteiger partial charge in [-0.05, 0) is 25.5 Å². The summed E-state index contributed by atoms with van der Waals surface area (Å²) in [6.07, 6.45) is 1.01. The molecule has 0 aliphatic carbocycles. The standard InChI is InChI=1S/C17H23N3O3/c1-4-6-13(21)10-18-17(22)15-11(2)19-16(20-15)12-7-5-8-14(9-12)23-3/h5,7-9,13,21H,4,6,10H2,1-3H3,(H,18,22)(H,19,20). The second kappa shape index (κ2) is 7.78. The van der Waals surface area contributed by atoms with Crippen LogP contribution in [0.15, 0.2) is 24.3 Å². The molecule has 0 radical (unpaired) electrons. The SMILES string of the molecule is CCCC(O)CNC(=O)c1nc(-c2cccc(OC)c2)[nH]c1C. The summed E-state index contributed by atoms with van der Waals surface area (Å²) < 4.78 is 5.20. The van der Waals surface area contributed by atoms with Gasteiger partial charge in [0.25, 0.3) is 5.91 Å². The molecule has 1 heterocycles. The molecule has 0 fully saturated rings. The highest BCUT2D eigenvalue weighted by molar-refractivity contribution is 5.94. The lowest BCUT2D eigenvalue weighted by Gasteiger charge is -2.09. The predicted molar refractivity (Wildman–Crippen MR) is 88.6 cm³/mol. The van der Waals surface area contributed by atoms with Gasteiger partial charge in [0.2, 0.25) is 0 Å². The predicted octanol–water partition coefficient (Wildman–Crippen LogP) is 2.28. The topological polar surface area (TPSA) is 87.2 Å².